The van der Waals surface area contributed by atoms with Crippen molar-refractivity contribution in [2.75, 3.05) is 13.9 Å². The molecular formula is C20H16N2O3S. The van der Waals surface area contributed by atoms with Crippen molar-refractivity contribution in [3.05, 3.63) is 40.9 Å². The van der Waals surface area contributed by atoms with Crippen LogP contribution in [0.4, 0.5) is 0 Å². The molecule has 0 radical (unpaired) electrons. The molecule has 0 N–H and O–H groups in total. The summed E-state index contributed by atoms with van der Waals surface area (Å²) in [7, 11) is 1.63. The van der Waals surface area contributed by atoms with Crippen LogP contribution in [0.2, 0.25) is 0 Å². The van der Waals surface area contributed by atoms with E-state index in [0.717, 1.165) is 27.3 Å². The number of methoxy groups -OCH3 is 1. The van der Waals surface area contributed by atoms with E-state index in [2.05, 4.69) is 18.0 Å². The number of hydrogen-bond acceptors (Lipinski definition) is 6. The number of benzene rings is 2. The third kappa shape index (κ3) is 2.22. The molecule has 0 fully saturated rings. The van der Waals surface area contributed by atoms with E-state index >= 15 is 0 Å². The Hall–Kier alpha value is -2.86. The van der Waals surface area contributed by atoms with E-state index in [0.29, 0.717) is 17.2 Å². The van der Waals surface area contributed by atoms with E-state index in [1.54, 1.807) is 18.4 Å². The molecule has 5 rings (SSSR count). The van der Waals surface area contributed by atoms with Crippen LogP contribution in [0, 0.1) is 13.8 Å². The van der Waals surface area contributed by atoms with Crippen LogP contribution < -0.4 is 14.2 Å². The number of aryl methyl sites for hydroxylation is 2. The van der Waals surface area contributed by atoms with Crippen LogP contribution in [-0.4, -0.2) is 23.9 Å². The summed E-state index contributed by atoms with van der Waals surface area (Å²) in [6.45, 7) is 4.36. The SMILES string of the molecule is COc1cc(-c2cc(C)c3c(ccc4nc(C)sc43)n2)cc2c1OCO2. The van der Waals surface area contributed by atoms with Gasteiger partial charge in [-0.25, -0.2) is 9.97 Å². The van der Waals surface area contributed by atoms with Gasteiger partial charge in [0.2, 0.25) is 12.5 Å². The Morgan fingerprint density at radius 2 is 1.88 bits per heavy atom. The largest absolute Gasteiger partial charge is 0.493 e. The predicted molar refractivity (Wildman–Crippen MR) is 103 cm³/mol. The van der Waals surface area contributed by atoms with Crippen molar-refractivity contribution in [2.24, 2.45) is 0 Å². The van der Waals surface area contributed by atoms with Crippen LogP contribution in [0.3, 0.4) is 0 Å². The van der Waals surface area contributed by atoms with Crippen molar-refractivity contribution in [3.8, 4) is 28.5 Å². The van der Waals surface area contributed by atoms with Gasteiger partial charge in [0.15, 0.2) is 11.5 Å². The van der Waals surface area contributed by atoms with Crippen LogP contribution in [0.5, 0.6) is 17.2 Å². The number of hydrogen-bond donors (Lipinski definition) is 0. The first-order chi connectivity index (χ1) is 12.6. The Morgan fingerprint density at radius 1 is 1.04 bits per heavy atom. The quantitative estimate of drug-likeness (QED) is 0.508. The number of rotatable bonds is 2. The maximum atomic E-state index is 5.54. The minimum atomic E-state index is 0.210. The van der Waals surface area contributed by atoms with Crippen molar-refractivity contribution >= 4 is 32.5 Å². The number of pyridine rings is 1. The summed E-state index contributed by atoms with van der Waals surface area (Å²) in [5.41, 5.74) is 5.00. The highest BCUT2D eigenvalue weighted by Crippen LogP contribution is 2.44. The fourth-order valence-electron chi connectivity index (χ4n) is 3.43. The molecule has 2 aromatic carbocycles. The minimum Gasteiger partial charge on any atom is -0.493 e. The standard InChI is InChI=1S/C20H16N2O3S/c1-10-6-15(12-7-16(23-3)19-17(8-12)24-9-25-19)22-13-4-5-14-20(18(10)13)26-11(2)21-14/h4-8H,9H2,1-3H3. The summed E-state index contributed by atoms with van der Waals surface area (Å²) >= 11 is 1.71. The molecule has 0 unspecified atom stereocenters. The third-order valence-corrected chi connectivity index (χ3v) is 5.59. The zero-order valence-electron chi connectivity index (χ0n) is 14.6. The molecule has 0 atom stereocenters. The van der Waals surface area contributed by atoms with E-state index in [9.17, 15) is 0 Å². The lowest BCUT2D eigenvalue weighted by Crippen LogP contribution is -1.93. The smallest absolute Gasteiger partial charge is 0.231 e. The molecule has 0 saturated carbocycles. The molecule has 6 heteroatoms. The topological polar surface area (TPSA) is 53.5 Å². The monoisotopic (exact) mass is 364 g/mol. The van der Waals surface area contributed by atoms with Crippen LogP contribution in [0.25, 0.3) is 32.4 Å². The van der Waals surface area contributed by atoms with Crippen molar-refractivity contribution in [2.45, 2.75) is 13.8 Å². The van der Waals surface area contributed by atoms with E-state index in [4.69, 9.17) is 19.2 Å². The first-order valence-corrected chi connectivity index (χ1v) is 9.11. The van der Waals surface area contributed by atoms with E-state index in [-0.39, 0.29) is 6.79 Å². The van der Waals surface area contributed by atoms with E-state index in [1.807, 2.05) is 31.2 Å². The molecule has 0 aliphatic carbocycles. The van der Waals surface area contributed by atoms with Crippen LogP contribution >= 0.6 is 11.3 Å². The van der Waals surface area contributed by atoms with E-state index in [1.165, 1.54) is 15.6 Å². The van der Waals surface area contributed by atoms with Gasteiger partial charge in [-0.15, -0.1) is 11.3 Å². The number of thiazole rings is 1. The minimum absolute atomic E-state index is 0.210. The molecule has 0 amide bonds. The number of nitrogens with zero attached hydrogens (tertiary/aromatic N) is 2. The molecule has 0 bridgehead atoms. The summed E-state index contributed by atoms with van der Waals surface area (Å²) in [5, 5.41) is 2.24. The molecule has 1 aliphatic rings. The predicted octanol–water partition coefficient (Wildman–Crippen LogP) is 4.87. The molecule has 5 nitrogen and oxygen atoms in total. The normalized spacial score (nSPS) is 12.9. The molecule has 2 aromatic heterocycles. The molecule has 4 aromatic rings. The maximum Gasteiger partial charge on any atom is 0.231 e. The van der Waals surface area contributed by atoms with Crippen molar-refractivity contribution in [1.82, 2.24) is 9.97 Å². The Bertz CT molecular complexity index is 1180. The number of ether oxygens (including phenoxy) is 3. The highest BCUT2D eigenvalue weighted by molar-refractivity contribution is 7.19. The van der Waals surface area contributed by atoms with Crippen LogP contribution in [0.15, 0.2) is 30.3 Å². The fraction of sp³-hybridized carbons (Fsp3) is 0.200. The zero-order chi connectivity index (χ0) is 17.8. The molecule has 130 valence electrons. The molecule has 3 heterocycles. The first kappa shape index (κ1) is 15.4. The fourth-order valence-corrected chi connectivity index (χ4v) is 4.46. The second kappa shape index (κ2) is 5.57. The Morgan fingerprint density at radius 3 is 2.73 bits per heavy atom. The maximum absolute atomic E-state index is 5.54. The summed E-state index contributed by atoms with van der Waals surface area (Å²) < 4.78 is 17.7. The average molecular weight is 364 g/mol. The van der Waals surface area contributed by atoms with Crippen LogP contribution in [-0.2, 0) is 0 Å². The van der Waals surface area contributed by atoms with Crippen LogP contribution in [0.1, 0.15) is 10.6 Å². The van der Waals surface area contributed by atoms with Gasteiger partial charge in [0.25, 0.3) is 0 Å². The average Bonchev–Trinajstić information content (AvgIpc) is 3.25. The second-order valence-corrected chi connectivity index (χ2v) is 7.48. The van der Waals surface area contributed by atoms with Crippen molar-refractivity contribution in [3.63, 3.8) is 0 Å². The summed E-state index contributed by atoms with van der Waals surface area (Å²) in [5.74, 6) is 1.99. The third-order valence-electron chi connectivity index (χ3n) is 4.59. The molecular weight excluding hydrogens is 348 g/mol. The lowest BCUT2D eigenvalue weighted by Gasteiger charge is -2.10. The highest BCUT2D eigenvalue weighted by atomic mass is 32.1. The zero-order valence-corrected chi connectivity index (χ0v) is 15.4. The molecule has 0 saturated heterocycles. The van der Waals surface area contributed by atoms with E-state index < -0.39 is 0 Å². The van der Waals surface area contributed by atoms with Crippen molar-refractivity contribution in [1.29, 1.82) is 0 Å². The second-order valence-electron chi connectivity index (χ2n) is 6.28. The summed E-state index contributed by atoms with van der Waals surface area (Å²) in [6, 6.07) is 10.1. The Labute approximate surface area is 154 Å². The summed E-state index contributed by atoms with van der Waals surface area (Å²) in [4.78, 5) is 9.48. The Balaban J connectivity index is 1.74. The van der Waals surface area contributed by atoms with Gasteiger partial charge < -0.3 is 14.2 Å². The number of aromatic nitrogens is 2. The van der Waals surface area contributed by atoms with Gasteiger partial charge in [0.05, 0.1) is 33.5 Å². The van der Waals surface area contributed by atoms with Gasteiger partial charge in [-0.1, -0.05) is 0 Å². The van der Waals surface area contributed by atoms with Gasteiger partial charge >= 0.3 is 0 Å². The van der Waals surface area contributed by atoms with Gasteiger partial charge in [-0.3, -0.25) is 0 Å². The van der Waals surface area contributed by atoms with Crippen molar-refractivity contribution < 1.29 is 14.2 Å². The molecule has 1 aliphatic heterocycles. The molecule has 26 heavy (non-hydrogen) atoms. The van der Waals surface area contributed by atoms with Gasteiger partial charge in [0.1, 0.15) is 0 Å². The summed E-state index contributed by atoms with van der Waals surface area (Å²) in [6.07, 6.45) is 0. The number of fused-ring (bicyclic) bond motifs is 4. The lowest BCUT2D eigenvalue weighted by atomic mass is 10.0. The van der Waals surface area contributed by atoms with Gasteiger partial charge in [-0.05, 0) is 49.7 Å². The highest BCUT2D eigenvalue weighted by Gasteiger charge is 2.21. The van der Waals surface area contributed by atoms with Gasteiger partial charge in [0, 0.05) is 10.9 Å². The lowest BCUT2D eigenvalue weighted by molar-refractivity contribution is 0.171. The molecule has 0 spiro atoms. The Kier molecular flexibility index (Phi) is 3.30. The first-order valence-electron chi connectivity index (χ1n) is 8.29. The van der Waals surface area contributed by atoms with Gasteiger partial charge in [-0.2, -0.15) is 0 Å².